The standard InChI is InChI=1S/C14H17N5O/c1-20-8-6-16-10-14-18-5-7-19(14)11-12-3-2-4-17-13(12)9-15/h2-5,7,16H,6,8,10-11H2,1H3. The molecule has 0 amide bonds. The first kappa shape index (κ1) is 14.2. The molecule has 0 aliphatic heterocycles. The zero-order chi connectivity index (χ0) is 14.2. The molecule has 0 aliphatic rings. The Hall–Kier alpha value is -2.23. The van der Waals surface area contributed by atoms with Crippen molar-refractivity contribution < 1.29 is 4.74 Å². The van der Waals surface area contributed by atoms with E-state index in [1.165, 1.54) is 0 Å². The highest BCUT2D eigenvalue weighted by Gasteiger charge is 2.07. The van der Waals surface area contributed by atoms with Crippen LogP contribution in [-0.4, -0.2) is 34.8 Å². The molecule has 0 atom stereocenters. The third-order valence-electron chi connectivity index (χ3n) is 2.91. The minimum Gasteiger partial charge on any atom is -0.383 e. The normalized spacial score (nSPS) is 10.4. The van der Waals surface area contributed by atoms with Crippen molar-refractivity contribution in [3.63, 3.8) is 0 Å². The lowest BCUT2D eigenvalue weighted by Gasteiger charge is -2.09. The van der Waals surface area contributed by atoms with E-state index in [4.69, 9.17) is 10.00 Å². The Morgan fingerprint density at radius 2 is 2.30 bits per heavy atom. The second-order valence-corrected chi connectivity index (χ2v) is 4.26. The molecule has 2 rings (SSSR count). The van der Waals surface area contributed by atoms with E-state index >= 15 is 0 Å². The molecule has 0 aliphatic carbocycles. The molecule has 0 fully saturated rings. The second-order valence-electron chi connectivity index (χ2n) is 4.26. The third-order valence-corrected chi connectivity index (χ3v) is 2.91. The summed E-state index contributed by atoms with van der Waals surface area (Å²) in [7, 11) is 1.68. The van der Waals surface area contributed by atoms with Crippen LogP contribution in [0.25, 0.3) is 0 Å². The minimum absolute atomic E-state index is 0.458. The smallest absolute Gasteiger partial charge is 0.145 e. The Kier molecular flexibility index (Phi) is 5.24. The number of pyridine rings is 1. The van der Waals surface area contributed by atoms with E-state index in [2.05, 4.69) is 21.4 Å². The number of nitriles is 1. The fourth-order valence-corrected chi connectivity index (χ4v) is 1.88. The number of hydrogen-bond donors (Lipinski definition) is 1. The summed E-state index contributed by atoms with van der Waals surface area (Å²) in [5.41, 5.74) is 1.35. The summed E-state index contributed by atoms with van der Waals surface area (Å²) in [5, 5.41) is 12.3. The Labute approximate surface area is 118 Å². The van der Waals surface area contributed by atoms with Crippen LogP contribution in [0.15, 0.2) is 30.7 Å². The highest BCUT2D eigenvalue weighted by Crippen LogP contribution is 2.08. The number of imidazole rings is 1. The largest absolute Gasteiger partial charge is 0.383 e. The highest BCUT2D eigenvalue weighted by molar-refractivity contribution is 5.30. The Morgan fingerprint density at radius 1 is 1.40 bits per heavy atom. The summed E-state index contributed by atoms with van der Waals surface area (Å²) >= 11 is 0. The molecule has 0 spiro atoms. The van der Waals surface area contributed by atoms with E-state index in [-0.39, 0.29) is 0 Å². The fraction of sp³-hybridized carbons (Fsp3) is 0.357. The van der Waals surface area contributed by atoms with Crippen LogP contribution in [0.3, 0.4) is 0 Å². The molecule has 0 bridgehead atoms. The number of ether oxygens (including phenoxy) is 1. The maximum atomic E-state index is 9.05. The number of nitrogens with zero attached hydrogens (tertiary/aromatic N) is 4. The molecule has 1 N–H and O–H groups in total. The van der Waals surface area contributed by atoms with Gasteiger partial charge in [0.25, 0.3) is 0 Å². The van der Waals surface area contributed by atoms with E-state index in [1.54, 1.807) is 19.5 Å². The summed E-state index contributed by atoms with van der Waals surface area (Å²) in [6.07, 6.45) is 5.29. The lowest BCUT2D eigenvalue weighted by Crippen LogP contribution is -2.21. The van der Waals surface area contributed by atoms with Gasteiger partial charge in [-0.1, -0.05) is 6.07 Å². The Bertz CT molecular complexity index is 587. The van der Waals surface area contributed by atoms with Gasteiger partial charge < -0.3 is 14.6 Å². The van der Waals surface area contributed by atoms with Gasteiger partial charge >= 0.3 is 0 Å². The quantitative estimate of drug-likeness (QED) is 0.758. The van der Waals surface area contributed by atoms with Crippen LogP contribution in [0.1, 0.15) is 17.1 Å². The van der Waals surface area contributed by atoms with Crippen molar-refractivity contribution in [3.8, 4) is 6.07 Å². The molecule has 2 heterocycles. The van der Waals surface area contributed by atoms with Gasteiger partial charge in [0.15, 0.2) is 0 Å². The lowest BCUT2D eigenvalue weighted by molar-refractivity contribution is 0.199. The molecule has 6 nitrogen and oxygen atoms in total. The van der Waals surface area contributed by atoms with Gasteiger partial charge in [-0.15, -0.1) is 0 Å². The fourth-order valence-electron chi connectivity index (χ4n) is 1.88. The first-order valence-corrected chi connectivity index (χ1v) is 6.39. The summed E-state index contributed by atoms with van der Waals surface area (Å²) in [6.45, 7) is 2.71. The predicted octanol–water partition coefficient (Wildman–Crippen LogP) is 0.934. The minimum atomic E-state index is 0.458. The number of rotatable bonds is 7. The first-order chi connectivity index (χ1) is 9.85. The van der Waals surface area contributed by atoms with E-state index in [0.29, 0.717) is 25.4 Å². The second kappa shape index (κ2) is 7.38. The molecule has 0 aromatic carbocycles. The van der Waals surface area contributed by atoms with Gasteiger partial charge in [0.2, 0.25) is 0 Å². The van der Waals surface area contributed by atoms with Crippen molar-refractivity contribution in [1.82, 2.24) is 19.9 Å². The maximum Gasteiger partial charge on any atom is 0.145 e. The van der Waals surface area contributed by atoms with E-state index in [0.717, 1.165) is 17.9 Å². The van der Waals surface area contributed by atoms with Crippen molar-refractivity contribution in [2.24, 2.45) is 0 Å². The topological polar surface area (TPSA) is 75.8 Å². The monoisotopic (exact) mass is 271 g/mol. The van der Waals surface area contributed by atoms with Crippen LogP contribution in [0.2, 0.25) is 0 Å². The average Bonchev–Trinajstić information content (AvgIpc) is 2.91. The van der Waals surface area contributed by atoms with Crippen LogP contribution < -0.4 is 5.32 Å². The lowest BCUT2D eigenvalue weighted by atomic mass is 10.2. The van der Waals surface area contributed by atoms with Crippen LogP contribution >= 0.6 is 0 Å². The Balaban J connectivity index is 2.03. The molecule has 104 valence electrons. The summed E-state index contributed by atoms with van der Waals surface area (Å²) in [6, 6.07) is 5.86. The summed E-state index contributed by atoms with van der Waals surface area (Å²) in [5.74, 6) is 0.925. The zero-order valence-corrected chi connectivity index (χ0v) is 11.4. The van der Waals surface area contributed by atoms with Crippen molar-refractivity contribution in [2.45, 2.75) is 13.1 Å². The maximum absolute atomic E-state index is 9.05. The molecular formula is C14H17N5O. The molecular weight excluding hydrogens is 254 g/mol. The Morgan fingerprint density at radius 3 is 3.10 bits per heavy atom. The average molecular weight is 271 g/mol. The third kappa shape index (κ3) is 3.63. The van der Waals surface area contributed by atoms with Gasteiger partial charge in [0, 0.05) is 37.8 Å². The van der Waals surface area contributed by atoms with E-state index in [1.807, 2.05) is 22.9 Å². The number of methoxy groups -OCH3 is 1. The highest BCUT2D eigenvalue weighted by atomic mass is 16.5. The summed E-state index contributed by atoms with van der Waals surface area (Å²) < 4.78 is 6.99. The van der Waals surface area contributed by atoms with Crippen molar-refractivity contribution in [3.05, 3.63) is 47.8 Å². The van der Waals surface area contributed by atoms with Gasteiger partial charge in [-0.25, -0.2) is 9.97 Å². The molecule has 6 heteroatoms. The molecule has 0 saturated heterocycles. The molecule has 0 saturated carbocycles. The van der Waals surface area contributed by atoms with Crippen molar-refractivity contribution in [2.75, 3.05) is 20.3 Å². The van der Waals surface area contributed by atoms with Gasteiger partial charge in [0.05, 0.1) is 19.7 Å². The van der Waals surface area contributed by atoms with Gasteiger partial charge in [0.1, 0.15) is 17.6 Å². The van der Waals surface area contributed by atoms with Crippen LogP contribution in [-0.2, 0) is 17.8 Å². The predicted molar refractivity (Wildman–Crippen MR) is 73.9 cm³/mol. The first-order valence-electron chi connectivity index (χ1n) is 6.39. The molecule has 0 radical (unpaired) electrons. The molecule has 2 aromatic rings. The van der Waals surface area contributed by atoms with Crippen LogP contribution in [0.5, 0.6) is 0 Å². The van der Waals surface area contributed by atoms with Crippen molar-refractivity contribution in [1.29, 1.82) is 5.26 Å². The van der Waals surface area contributed by atoms with Gasteiger partial charge in [-0.05, 0) is 6.07 Å². The molecule has 0 unspecified atom stereocenters. The SMILES string of the molecule is COCCNCc1nccn1Cc1cccnc1C#N. The molecule has 2 aromatic heterocycles. The van der Waals surface area contributed by atoms with Crippen LogP contribution in [0.4, 0.5) is 0 Å². The number of nitrogens with one attached hydrogen (secondary N) is 1. The number of aromatic nitrogens is 3. The van der Waals surface area contributed by atoms with E-state index in [9.17, 15) is 0 Å². The van der Waals surface area contributed by atoms with Gasteiger partial charge in [-0.3, -0.25) is 0 Å². The molecule has 20 heavy (non-hydrogen) atoms. The number of hydrogen-bond acceptors (Lipinski definition) is 5. The zero-order valence-electron chi connectivity index (χ0n) is 11.4. The van der Waals surface area contributed by atoms with Gasteiger partial charge in [-0.2, -0.15) is 5.26 Å². The van der Waals surface area contributed by atoms with E-state index < -0.39 is 0 Å². The summed E-state index contributed by atoms with van der Waals surface area (Å²) in [4.78, 5) is 8.39. The van der Waals surface area contributed by atoms with Crippen LogP contribution in [0, 0.1) is 11.3 Å². The van der Waals surface area contributed by atoms with Crippen molar-refractivity contribution >= 4 is 0 Å².